The van der Waals surface area contributed by atoms with Crippen LogP contribution in [-0.4, -0.2) is 13.4 Å². The smallest absolute Gasteiger partial charge is 0.254 e. The second-order valence-corrected chi connectivity index (χ2v) is 8.45. The van der Waals surface area contributed by atoms with Crippen molar-refractivity contribution < 1.29 is 8.42 Å². The van der Waals surface area contributed by atoms with Crippen LogP contribution in [0.15, 0.2) is 33.9 Å². The predicted octanol–water partition coefficient (Wildman–Crippen LogP) is 4.12. The molecule has 0 bridgehead atoms. The van der Waals surface area contributed by atoms with Crippen LogP contribution in [0, 0.1) is 6.92 Å². The molecular weight excluding hydrogens is 336 g/mol. The lowest BCUT2D eigenvalue weighted by Gasteiger charge is -2.01. The zero-order chi connectivity index (χ0) is 14.3. The normalized spacial score (nSPS) is 11.9. The van der Waals surface area contributed by atoms with Crippen LogP contribution in [0.3, 0.4) is 0 Å². The van der Waals surface area contributed by atoms with Crippen LogP contribution < -0.4 is 4.72 Å². The first kappa shape index (κ1) is 13.8. The number of halogens is 1. The van der Waals surface area contributed by atoms with E-state index in [-0.39, 0.29) is 4.21 Å². The summed E-state index contributed by atoms with van der Waals surface area (Å²) in [5, 5.41) is 2.68. The van der Waals surface area contributed by atoms with Gasteiger partial charge in [0.25, 0.3) is 10.0 Å². The van der Waals surface area contributed by atoms with E-state index in [9.17, 15) is 8.42 Å². The fourth-order valence-electron chi connectivity index (χ4n) is 1.78. The van der Waals surface area contributed by atoms with Crippen LogP contribution in [-0.2, 0) is 10.0 Å². The van der Waals surface area contributed by atoms with Crippen molar-refractivity contribution in [3.05, 3.63) is 40.2 Å². The average Bonchev–Trinajstić information content (AvgIpc) is 2.96. The fourth-order valence-corrected chi connectivity index (χ4v) is 5.33. The van der Waals surface area contributed by atoms with Crippen LogP contribution in [0.4, 0.5) is 5.13 Å². The topological polar surface area (TPSA) is 59.1 Å². The van der Waals surface area contributed by atoms with E-state index in [1.807, 2.05) is 6.92 Å². The minimum absolute atomic E-state index is 0.270. The van der Waals surface area contributed by atoms with Crippen molar-refractivity contribution in [1.82, 2.24) is 4.98 Å². The van der Waals surface area contributed by atoms with E-state index in [4.69, 9.17) is 11.6 Å². The van der Waals surface area contributed by atoms with Gasteiger partial charge in [0.1, 0.15) is 4.21 Å². The van der Waals surface area contributed by atoms with Gasteiger partial charge in [0, 0.05) is 5.02 Å². The summed E-state index contributed by atoms with van der Waals surface area (Å²) in [5.74, 6) is 0. The lowest BCUT2D eigenvalue weighted by atomic mass is 10.2. The highest BCUT2D eigenvalue weighted by Gasteiger charge is 2.18. The number of thiophene rings is 1. The number of hydrogen-bond acceptors (Lipinski definition) is 5. The molecule has 3 aromatic rings. The molecule has 0 radical (unpaired) electrons. The van der Waals surface area contributed by atoms with Crippen LogP contribution in [0.2, 0.25) is 5.02 Å². The Hall–Kier alpha value is -1.15. The zero-order valence-corrected chi connectivity index (χ0v) is 13.5. The van der Waals surface area contributed by atoms with E-state index in [0.717, 1.165) is 15.8 Å². The summed E-state index contributed by atoms with van der Waals surface area (Å²) in [4.78, 5) is 4.32. The van der Waals surface area contributed by atoms with Gasteiger partial charge in [-0.15, -0.1) is 11.3 Å². The summed E-state index contributed by atoms with van der Waals surface area (Å²) in [7, 11) is -3.56. The van der Waals surface area contributed by atoms with Crippen molar-refractivity contribution in [3.8, 4) is 0 Å². The molecule has 2 heterocycles. The molecule has 3 rings (SSSR count). The van der Waals surface area contributed by atoms with Crippen molar-refractivity contribution in [2.24, 2.45) is 0 Å². The number of benzene rings is 1. The first-order valence-electron chi connectivity index (χ1n) is 5.59. The predicted molar refractivity (Wildman–Crippen MR) is 84.5 cm³/mol. The monoisotopic (exact) mass is 344 g/mol. The maximum absolute atomic E-state index is 12.1. The number of aromatic nitrogens is 1. The first-order chi connectivity index (χ1) is 9.45. The largest absolute Gasteiger partial charge is 0.273 e. The van der Waals surface area contributed by atoms with Gasteiger partial charge >= 0.3 is 0 Å². The van der Waals surface area contributed by atoms with Crippen molar-refractivity contribution in [2.45, 2.75) is 11.1 Å². The Balaban J connectivity index is 2.02. The molecule has 8 heteroatoms. The quantitative estimate of drug-likeness (QED) is 0.777. The molecule has 0 atom stereocenters. The Bertz CT molecular complexity index is 870. The minimum Gasteiger partial charge on any atom is -0.254 e. The molecule has 0 aliphatic heterocycles. The van der Waals surface area contributed by atoms with Gasteiger partial charge in [-0.3, -0.25) is 4.72 Å². The second kappa shape index (κ2) is 5.00. The summed E-state index contributed by atoms with van der Waals surface area (Å²) in [6.45, 7) is 1.89. The van der Waals surface area contributed by atoms with Gasteiger partial charge in [-0.05, 0) is 36.1 Å². The van der Waals surface area contributed by atoms with Crippen LogP contribution in [0.25, 0.3) is 10.2 Å². The molecule has 1 N–H and O–H groups in total. The average molecular weight is 345 g/mol. The Labute approximate surface area is 129 Å². The molecule has 0 fully saturated rings. The van der Waals surface area contributed by atoms with Gasteiger partial charge in [-0.25, -0.2) is 13.4 Å². The fraction of sp³-hybridized carbons (Fsp3) is 0.0833. The van der Waals surface area contributed by atoms with Crippen LogP contribution >= 0.6 is 34.3 Å². The molecule has 0 aliphatic carbocycles. The number of fused-ring (bicyclic) bond motifs is 1. The number of hydrogen-bond donors (Lipinski definition) is 1. The summed E-state index contributed by atoms with van der Waals surface area (Å²) >= 11 is 8.42. The van der Waals surface area contributed by atoms with E-state index in [2.05, 4.69) is 9.71 Å². The Morgan fingerprint density at radius 1 is 1.35 bits per heavy atom. The molecule has 1 aromatic carbocycles. The van der Waals surface area contributed by atoms with E-state index in [1.165, 1.54) is 22.7 Å². The highest BCUT2D eigenvalue weighted by atomic mass is 35.5. The van der Waals surface area contributed by atoms with Gasteiger partial charge in [0.2, 0.25) is 0 Å². The molecule has 2 aromatic heterocycles. The number of rotatable bonds is 3. The van der Waals surface area contributed by atoms with Gasteiger partial charge in [-0.2, -0.15) is 0 Å². The molecule has 0 saturated carbocycles. The number of nitrogens with zero attached hydrogens (tertiary/aromatic N) is 1. The Morgan fingerprint density at radius 2 is 2.15 bits per heavy atom. The first-order valence-corrected chi connectivity index (χ1v) is 9.14. The highest BCUT2D eigenvalue weighted by molar-refractivity contribution is 7.94. The number of sulfonamides is 1. The molecule has 104 valence electrons. The minimum atomic E-state index is -3.56. The van der Waals surface area contributed by atoms with Gasteiger partial charge < -0.3 is 0 Å². The van der Waals surface area contributed by atoms with E-state index in [1.54, 1.807) is 29.6 Å². The lowest BCUT2D eigenvalue weighted by Crippen LogP contribution is -2.10. The number of nitrogens with one attached hydrogen (secondary N) is 1. The van der Waals surface area contributed by atoms with Gasteiger partial charge in [0.15, 0.2) is 5.13 Å². The number of anilines is 1. The number of thiazole rings is 1. The van der Waals surface area contributed by atoms with Crippen LogP contribution in [0.1, 0.15) is 5.56 Å². The highest BCUT2D eigenvalue weighted by Crippen LogP contribution is 2.32. The maximum atomic E-state index is 12.1. The summed E-state index contributed by atoms with van der Waals surface area (Å²) in [6, 6.07) is 6.84. The molecule has 20 heavy (non-hydrogen) atoms. The SMILES string of the molecule is Cc1cc(Cl)cc2sc(NS(=O)(=O)c3cccs3)nc12. The summed E-state index contributed by atoms with van der Waals surface area (Å²) < 4.78 is 27.9. The third kappa shape index (κ3) is 2.54. The molecule has 4 nitrogen and oxygen atoms in total. The van der Waals surface area contributed by atoms with Gasteiger partial charge in [-0.1, -0.05) is 29.0 Å². The molecule has 0 saturated heterocycles. The summed E-state index contributed by atoms with van der Waals surface area (Å²) in [6.07, 6.45) is 0. The van der Waals surface area contributed by atoms with Crippen molar-refractivity contribution in [3.63, 3.8) is 0 Å². The van der Waals surface area contributed by atoms with Crippen molar-refractivity contribution in [1.29, 1.82) is 0 Å². The van der Waals surface area contributed by atoms with E-state index >= 15 is 0 Å². The summed E-state index contributed by atoms with van der Waals surface area (Å²) in [5.41, 5.74) is 1.69. The van der Waals surface area contributed by atoms with Crippen molar-refractivity contribution >= 4 is 59.6 Å². The molecule has 0 unspecified atom stereocenters. The molecule has 0 amide bonds. The molecule has 0 spiro atoms. The Kier molecular flexibility index (Phi) is 3.45. The van der Waals surface area contributed by atoms with Crippen LogP contribution in [0.5, 0.6) is 0 Å². The van der Waals surface area contributed by atoms with E-state index < -0.39 is 10.0 Å². The third-order valence-electron chi connectivity index (χ3n) is 2.63. The maximum Gasteiger partial charge on any atom is 0.273 e. The van der Waals surface area contributed by atoms with E-state index in [0.29, 0.717) is 10.2 Å². The standard InChI is InChI=1S/C12H9ClN2O2S3/c1-7-5-8(13)6-9-11(7)14-12(19-9)15-20(16,17)10-3-2-4-18-10/h2-6H,1H3,(H,14,15). The lowest BCUT2D eigenvalue weighted by molar-refractivity contribution is 0.603. The molecule has 0 aliphatic rings. The Morgan fingerprint density at radius 3 is 2.85 bits per heavy atom. The molecular formula is C12H9ClN2O2S3. The zero-order valence-electron chi connectivity index (χ0n) is 10.3. The second-order valence-electron chi connectivity index (χ2n) is 4.13. The van der Waals surface area contributed by atoms with Crippen molar-refractivity contribution in [2.75, 3.05) is 4.72 Å². The van der Waals surface area contributed by atoms with Gasteiger partial charge in [0.05, 0.1) is 10.2 Å². The number of aryl methyl sites for hydroxylation is 1. The third-order valence-corrected chi connectivity index (χ3v) is 6.63.